The third-order valence-electron chi connectivity index (χ3n) is 3.98. The van der Waals surface area contributed by atoms with Gasteiger partial charge in [0.05, 0.1) is 6.61 Å². The number of nitrogens with zero attached hydrogens (tertiary/aromatic N) is 3. The number of β-lactam (4-membered cyclic amide) rings is 1. The monoisotopic (exact) mass is 555 g/mol. The standard InChI is InChI=1S/C16H18ClN5O11S2/c1-3-32-9(24)5-33-15(27)12-11(14(26)22(12)35(28,29)30)20-13(25)10(21-31-2)7-6-34-16(18-7)19-8(23)4-17/h6,11-12H,3-5H2,1-2H3,(H,20,25)(H,18,19,23)(H,28,29,30)/b21-10-/t11-,12-/m1/s1. The first-order valence-corrected chi connectivity index (χ1v) is 12.1. The Balaban J connectivity index is 2.23. The highest BCUT2D eigenvalue weighted by atomic mass is 35.5. The van der Waals surface area contributed by atoms with Crippen LogP contribution in [0.1, 0.15) is 12.6 Å². The lowest BCUT2D eigenvalue weighted by Crippen LogP contribution is -2.75. The second-order valence-corrected chi connectivity index (χ2v) is 8.68. The molecule has 192 valence electrons. The number of ether oxygens (including phenoxy) is 2. The lowest BCUT2D eigenvalue weighted by atomic mass is 9.98. The number of hydrogen-bond donors (Lipinski definition) is 3. The fourth-order valence-corrected chi connectivity index (χ4v) is 4.22. The minimum atomic E-state index is -5.22. The fraction of sp³-hybridized carbons (Fsp3) is 0.438. The number of halogens is 1. The van der Waals surface area contributed by atoms with E-state index < -0.39 is 64.4 Å². The van der Waals surface area contributed by atoms with E-state index in [1.807, 2.05) is 0 Å². The molecular formula is C16H18ClN5O11S2. The van der Waals surface area contributed by atoms with E-state index in [1.54, 1.807) is 0 Å². The van der Waals surface area contributed by atoms with Crippen molar-refractivity contribution in [2.45, 2.75) is 19.0 Å². The quantitative estimate of drug-likeness (QED) is 0.0692. The van der Waals surface area contributed by atoms with E-state index in [4.69, 9.17) is 11.6 Å². The van der Waals surface area contributed by atoms with Crippen molar-refractivity contribution in [3.63, 3.8) is 0 Å². The van der Waals surface area contributed by atoms with Gasteiger partial charge < -0.3 is 24.9 Å². The number of rotatable bonds is 11. The highest BCUT2D eigenvalue weighted by Crippen LogP contribution is 2.25. The van der Waals surface area contributed by atoms with E-state index in [9.17, 15) is 36.9 Å². The second-order valence-electron chi connectivity index (χ2n) is 6.26. The van der Waals surface area contributed by atoms with Crippen molar-refractivity contribution in [1.29, 1.82) is 0 Å². The summed E-state index contributed by atoms with van der Waals surface area (Å²) in [6.45, 7) is 0.555. The Bertz CT molecular complexity index is 1150. The molecule has 0 unspecified atom stereocenters. The smallest absolute Gasteiger partial charge is 0.363 e. The Hall–Kier alpha value is -3.35. The van der Waals surface area contributed by atoms with Gasteiger partial charge in [-0.1, -0.05) is 5.16 Å². The Morgan fingerprint density at radius 1 is 1.31 bits per heavy atom. The van der Waals surface area contributed by atoms with Gasteiger partial charge in [0, 0.05) is 5.38 Å². The zero-order valence-electron chi connectivity index (χ0n) is 17.9. The third-order valence-corrected chi connectivity index (χ3v) is 5.88. The number of carbonyl (C=O) groups is 5. The Morgan fingerprint density at radius 3 is 2.57 bits per heavy atom. The largest absolute Gasteiger partial charge is 0.463 e. The summed E-state index contributed by atoms with van der Waals surface area (Å²) in [6, 6.07) is -3.86. The molecule has 1 aliphatic rings. The van der Waals surface area contributed by atoms with Crippen LogP contribution >= 0.6 is 22.9 Å². The minimum Gasteiger partial charge on any atom is -0.463 e. The number of alkyl halides is 1. The maximum atomic E-state index is 12.8. The maximum absolute atomic E-state index is 12.8. The van der Waals surface area contributed by atoms with Crippen LogP contribution in [0.2, 0.25) is 0 Å². The van der Waals surface area contributed by atoms with Crippen molar-refractivity contribution in [3.05, 3.63) is 11.1 Å². The molecule has 2 atom stereocenters. The van der Waals surface area contributed by atoms with Crippen LogP contribution in [0.4, 0.5) is 5.13 Å². The summed E-state index contributed by atoms with van der Waals surface area (Å²) in [7, 11) is -4.12. The molecule has 2 rings (SSSR count). The summed E-state index contributed by atoms with van der Waals surface area (Å²) in [5.74, 6) is -5.81. The molecule has 0 bridgehead atoms. The zero-order valence-corrected chi connectivity index (χ0v) is 20.3. The average Bonchev–Trinajstić information content (AvgIpc) is 3.24. The number of nitrogens with one attached hydrogen (secondary N) is 2. The van der Waals surface area contributed by atoms with Crippen molar-refractivity contribution < 1.29 is 51.3 Å². The number of carbonyl (C=O) groups excluding carboxylic acids is 5. The highest BCUT2D eigenvalue weighted by molar-refractivity contribution is 7.84. The fourth-order valence-electron chi connectivity index (χ4n) is 2.61. The summed E-state index contributed by atoms with van der Waals surface area (Å²) in [4.78, 5) is 68.8. The first-order chi connectivity index (χ1) is 16.4. The summed E-state index contributed by atoms with van der Waals surface area (Å²) in [6.07, 6.45) is 0. The van der Waals surface area contributed by atoms with Crippen LogP contribution in [0.5, 0.6) is 0 Å². The summed E-state index contributed by atoms with van der Waals surface area (Å²) < 4.78 is 41.3. The van der Waals surface area contributed by atoms with Crippen molar-refractivity contribution in [1.82, 2.24) is 14.6 Å². The number of aromatic nitrogens is 1. The Kier molecular flexibility index (Phi) is 9.46. The first kappa shape index (κ1) is 27.9. The molecule has 3 amide bonds. The number of oxime groups is 1. The van der Waals surface area contributed by atoms with Crippen LogP contribution in [0, 0.1) is 0 Å². The van der Waals surface area contributed by atoms with Crippen LogP contribution < -0.4 is 10.6 Å². The lowest BCUT2D eigenvalue weighted by Gasteiger charge is -2.42. The Morgan fingerprint density at radius 2 is 2.00 bits per heavy atom. The summed E-state index contributed by atoms with van der Waals surface area (Å²) >= 11 is 6.30. The summed E-state index contributed by atoms with van der Waals surface area (Å²) in [5, 5.41) is 9.29. The SMILES string of the molecule is CCOC(=O)COC(=O)[C@H]1[C@@H](NC(=O)/C(=N\OC)c2csc(NC(=O)CCl)n2)C(=O)N1S(=O)(=O)O. The van der Waals surface area contributed by atoms with E-state index in [0.717, 1.165) is 18.4 Å². The van der Waals surface area contributed by atoms with Gasteiger partial charge in [0.15, 0.2) is 23.5 Å². The molecule has 1 saturated heterocycles. The molecule has 0 aliphatic carbocycles. The molecule has 16 nitrogen and oxygen atoms in total. The van der Waals surface area contributed by atoms with E-state index in [2.05, 4.69) is 35.1 Å². The molecule has 19 heteroatoms. The van der Waals surface area contributed by atoms with E-state index in [-0.39, 0.29) is 27.6 Å². The predicted octanol–water partition coefficient (Wildman–Crippen LogP) is -1.72. The highest BCUT2D eigenvalue weighted by Gasteiger charge is 2.59. The molecule has 1 fully saturated rings. The van der Waals surface area contributed by atoms with Crippen LogP contribution in [-0.2, 0) is 48.6 Å². The predicted molar refractivity (Wildman–Crippen MR) is 117 cm³/mol. The van der Waals surface area contributed by atoms with Gasteiger partial charge in [0.2, 0.25) is 5.91 Å². The number of esters is 2. The molecule has 0 saturated carbocycles. The molecule has 35 heavy (non-hydrogen) atoms. The maximum Gasteiger partial charge on any atom is 0.363 e. The second kappa shape index (κ2) is 11.9. The van der Waals surface area contributed by atoms with Gasteiger partial charge in [-0.2, -0.15) is 12.7 Å². The van der Waals surface area contributed by atoms with E-state index in [1.165, 1.54) is 12.3 Å². The Labute approximate surface area is 206 Å². The molecule has 0 aromatic carbocycles. The third kappa shape index (κ3) is 6.84. The number of anilines is 1. The van der Waals surface area contributed by atoms with Gasteiger partial charge in [-0.05, 0) is 6.92 Å². The van der Waals surface area contributed by atoms with E-state index >= 15 is 0 Å². The molecule has 1 aromatic heterocycles. The lowest BCUT2D eigenvalue weighted by molar-refractivity contribution is -0.169. The van der Waals surface area contributed by atoms with Crippen molar-refractivity contribution in [2.75, 3.05) is 31.5 Å². The van der Waals surface area contributed by atoms with Gasteiger partial charge >= 0.3 is 22.2 Å². The van der Waals surface area contributed by atoms with Crippen LogP contribution in [0.25, 0.3) is 0 Å². The van der Waals surface area contributed by atoms with Crippen LogP contribution in [0.3, 0.4) is 0 Å². The molecule has 1 aliphatic heterocycles. The van der Waals surface area contributed by atoms with Crippen molar-refractivity contribution >= 4 is 73.7 Å². The van der Waals surface area contributed by atoms with E-state index in [0.29, 0.717) is 0 Å². The molecule has 1 aromatic rings. The molecule has 0 radical (unpaired) electrons. The van der Waals surface area contributed by atoms with Gasteiger partial charge in [0.1, 0.15) is 24.7 Å². The minimum absolute atomic E-state index is 0.0242. The number of thiazole rings is 1. The number of hydrogen-bond acceptors (Lipinski definition) is 13. The van der Waals surface area contributed by atoms with Gasteiger partial charge in [-0.25, -0.2) is 14.6 Å². The van der Waals surface area contributed by atoms with Gasteiger partial charge in [-0.3, -0.25) is 18.9 Å². The molecule has 2 heterocycles. The van der Waals surface area contributed by atoms with Gasteiger partial charge in [-0.15, -0.1) is 22.9 Å². The van der Waals surface area contributed by atoms with Crippen LogP contribution in [-0.4, -0.2) is 95.9 Å². The average molecular weight is 556 g/mol. The van der Waals surface area contributed by atoms with Gasteiger partial charge in [0.25, 0.3) is 11.8 Å². The normalized spacial score (nSPS) is 17.8. The molecule has 3 N–H and O–H groups in total. The van der Waals surface area contributed by atoms with Crippen molar-refractivity contribution in [3.8, 4) is 0 Å². The molecular weight excluding hydrogens is 538 g/mol. The topological polar surface area (TPSA) is 220 Å². The molecule has 0 spiro atoms. The first-order valence-electron chi connectivity index (χ1n) is 9.31. The number of amides is 3. The summed E-state index contributed by atoms with van der Waals surface area (Å²) in [5.41, 5.74) is -0.620. The van der Waals surface area contributed by atoms with Crippen LogP contribution in [0.15, 0.2) is 10.5 Å². The zero-order chi connectivity index (χ0) is 26.3. The van der Waals surface area contributed by atoms with Crippen molar-refractivity contribution in [2.24, 2.45) is 5.16 Å².